The lowest BCUT2D eigenvalue weighted by atomic mass is 10.2. The highest BCUT2D eigenvalue weighted by atomic mass is 32.1. The molecule has 2 aromatic carbocycles. The molecule has 4 rings (SSSR count). The molecule has 0 aliphatic carbocycles. The number of halogens is 1. The smallest absolute Gasteiger partial charge is 0.228 e. The van der Waals surface area contributed by atoms with Crippen molar-refractivity contribution in [3.8, 4) is 5.75 Å². The zero-order valence-electron chi connectivity index (χ0n) is 16.0. The largest absolute Gasteiger partial charge is 0.486 e. The van der Waals surface area contributed by atoms with Gasteiger partial charge in [0.15, 0.2) is 0 Å². The minimum Gasteiger partial charge on any atom is -0.486 e. The first-order valence-corrected chi connectivity index (χ1v) is 10.4. The fourth-order valence-corrected chi connectivity index (χ4v) is 4.00. The topological polar surface area (TPSA) is 45.7 Å². The van der Waals surface area contributed by atoms with Crippen molar-refractivity contribution in [2.75, 3.05) is 31.1 Å². The fourth-order valence-electron chi connectivity index (χ4n) is 3.29. The Hall–Kier alpha value is -2.93. The highest BCUT2D eigenvalue weighted by molar-refractivity contribution is 7.09. The van der Waals surface area contributed by atoms with Gasteiger partial charge in [0.25, 0.3) is 0 Å². The molecule has 1 fully saturated rings. The average Bonchev–Trinajstić information content (AvgIpc) is 3.21. The Labute approximate surface area is 173 Å². The Morgan fingerprint density at radius 1 is 1.03 bits per heavy atom. The van der Waals surface area contributed by atoms with Crippen molar-refractivity contribution in [3.05, 3.63) is 76.5 Å². The highest BCUT2D eigenvalue weighted by Gasteiger charge is 2.22. The van der Waals surface area contributed by atoms with Crippen molar-refractivity contribution in [2.24, 2.45) is 0 Å². The van der Waals surface area contributed by atoms with Crippen LogP contribution in [0.3, 0.4) is 0 Å². The van der Waals surface area contributed by atoms with E-state index in [1.54, 1.807) is 12.1 Å². The summed E-state index contributed by atoms with van der Waals surface area (Å²) < 4.78 is 18.8. The molecule has 150 valence electrons. The van der Waals surface area contributed by atoms with Gasteiger partial charge in [0, 0.05) is 37.2 Å². The van der Waals surface area contributed by atoms with Crippen LogP contribution in [0.15, 0.2) is 60.0 Å². The van der Waals surface area contributed by atoms with Gasteiger partial charge in [-0.15, -0.1) is 11.3 Å². The number of para-hydroxylation sites is 1. The molecule has 7 heteroatoms. The Kier molecular flexibility index (Phi) is 6.05. The van der Waals surface area contributed by atoms with Gasteiger partial charge in [-0.25, -0.2) is 9.37 Å². The lowest BCUT2D eigenvalue weighted by Crippen LogP contribution is -2.49. The van der Waals surface area contributed by atoms with Crippen LogP contribution in [0, 0.1) is 5.82 Å². The quantitative estimate of drug-likeness (QED) is 0.620. The molecule has 2 heterocycles. The second-order valence-electron chi connectivity index (χ2n) is 6.86. The van der Waals surface area contributed by atoms with E-state index in [-0.39, 0.29) is 11.7 Å². The van der Waals surface area contributed by atoms with Crippen LogP contribution in [0.4, 0.5) is 10.1 Å². The van der Waals surface area contributed by atoms with Crippen LogP contribution >= 0.6 is 11.3 Å². The van der Waals surface area contributed by atoms with Crippen LogP contribution in [0.25, 0.3) is 0 Å². The third kappa shape index (κ3) is 5.12. The Morgan fingerprint density at radius 2 is 1.76 bits per heavy atom. The third-order valence-electron chi connectivity index (χ3n) is 4.86. The molecule has 0 N–H and O–H groups in total. The summed E-state index contributed by atoms with van der Waals surface area (Å²) >= 11 is 1.51. The van der Waals surface area contributed by atoms with E-state index in [1.165, 1.54) is 23.5 Å². The van der Waals surface area contributed by atoms with Crippen molar-refractivity contribution >= 4 is 22.9 Å². The van der Waals surface area contributed by atoms with E-state index in [9.17, 15) is 9.18 Å². The lowest BCUT2D eigenvalue weighted by Gasteiger charge is -2.36. The van der Waals surface area contributed by atoms with E-state index >= 15 is 0 Å². The van der Waals surface area contributed by atoms with Gasteiger partial charge in [0.2, 0.25) is 5.91 Å². The summed E-state index contributed by atoms with van der Waals surface area (Å²) in [6.07, 6.45) is 0.304. The van der Waals surface area contributed by atoms with Crippen LogP contribution in [0.2, 0.25) is 0 Å². The molecule has 1 aliphatic rings. The van der Waals surface area contributed by atoms with Gasteiger partial charge in [-0.3, -0.25) is 4.79 Å². The number of amides is 1. The summed E-state index contributed by atoms with van der Waals surface area (Å²) in [6.45, 7) is 3.20. The fraction of sp³-hybridized carbons (Fsp3) is 0.273. The SMILES string of the molecule is O=C(Cc1csc(COc2ccccc2)n1)N1CCN(c2ccc(F)cc2)CC1. The van der Waals surface area contributed by atoms with Crippen LogP contribution in [0.5, 0.6) is 5.75 Å². The van der Waals surface area contributed by atoms with Crippen LogP contribution in [-0.2, 0) is 17.8 Å². The standard InChI is InChI=1S/C22H22FN3O2S/c23-17-6-8-19(9-7-17)25-10-12-26(13-11-25)22(27)14-18-16-29-21(24-18)15-28-20-4-2-1-3-5-20/h1-9,16H,10-15H2. The normalized spacial score (nSPS) is 14.1. The number of benzene rings is 2. The third-order valence-corrected chi connectivity index (χ3v) is 5.73. The molecule has 0 saturated carbocycles. The maximum atomic E-state index is 13.1. The first-order chi connectivity index (χ1) is 14.2. The van der Waals surface area contributed by atoms with Gasteiger partial charge in [-0.1, -0.05) is 18.2 Å². The van der Waals surface area contributed by atoms with Gasteiger partial charge in [0.05, 0.1) is 12.1 Å². The number of nitrogens with zero attached hydrogens (tertiary/aromatic N) is 3. The molecule has 1 amide bonds. The van der Waals surface area contributed by atoms with Crippen molar-refractivity contribution in [3.63, 3.8) is 0 Å². The lowest BCUT2D eigenvalue weighted by molar-refractivity contribution is -0.130. The van der Waals surface area contributed by atoms with Crippen molar-refractivity contribution < 1.29 is 13.9 Å². The second kappa shape index (κ2) is 9.05. The summed E-state index contributed by atoms with van der Waals surface area (Å²) in [5.41, 5.74) is 1.77. The number of anilines is 1. The molecule has 3 aromatic rings. The monoisotopic (exact) mass is 411 g/mol. The summed E-state index contributed by atoms with van der Waals surface area (Å²) in [5.74, 6) is 0.656. The predicted molar refractivity (Wildman–Crippen MR) is 112 cm³/mol. The Bertz CT molecular complexity index is 938. The number of piperazine rings is 1. The molecular formula is C22H22FN3O2S. The van der Waals surface area contributed by atoms with Gasteiger partial charge in [-0.05, 0) is 36.4 Å². The molecule has 0 radical (unpaired) electrons. The molecule has 5 nitrogen and oxygen atoms in total. The predicted octanol–water partition coefficient (Wildman–Crippen LogP) is 3.75. The van der Waals surface area contributed by atoms with Crippen LogP contribution in [-0.4, -0.2) is 42.0 Å². The summed E-state index contributed by atoms with van der Waals surface area (Å²) in [7, 11) is 0. The Morgan fingerprint density at radius 3 is 2.48 bits per heavy atom. The maximum absolute atomic E-state index is 13.1. The summed E-state index contributed by atoms with van der Waals surface area (Å²) in [6, 6.07) is 16.1. The van der Waals surface area contributed by atoms with Gasteiger partial charge < -0.3 is 14.5 Å². The minimum absolute atomic E-state index is 0.0876. The molecule has 0 unspecified atom stereocenters. The first-order valence-electron chi connectivity index (χ1n) is 9.57. The number of hydrogen-bond donors (Lipinski definition) is 0. The number of aromatic nitrogens is 1. The van der Waals surface area contributed by atoms with E-state index in [4.69, 9.17) is 4.74 Å². The number of hydrogen-bond acceptors (Lipinski definition) is 5. The van der Waals surface area contributed by atoms with Crippen LogP contribution < -0.4 is 9.64 Å². The number of carbonyl (C=O) groups is 1. The van der Waals surface area contributed by atoms with Crippen molar-refractivity contribution in [2.45, 2.75) is 13.0 Å². The highest BCUT2D eigenvalue weighted by Crippen LogP contribution is 2.18. The number of ether oxygens (including phenoxy) is 1. The maximum Gasteiger partial charge on any atom is 0.228 e. The van der Waals surface area contributed by atoms with E-state index < -0.39 is 0 Å². The number of thiazole rings is 1. The first kappa shape index (κ1) is 19.4. The molecule has 29 heavy (non-hydrogen) atoms. The zero-order chi connectivity index (χ0) is 20.1. The van der Waals surface area contributed by atoms with Crippen LogP contribution in [0.1, 0.15) is 10.7 Å². The Balaban J connectivity index is 1.26. The van der Waals surface area contributed by atoms with Gasteiger partial charge >= 0.3 is 0 Å². The van der Waals surface area contributed by atoms with E-state index in [2.05, 4.69) is 9.88 Å². The zero-order valence-corrected chi connectivity index (χ0v) is 16.8. The van der Waals surface area contributed by atoms with E-state index in [1.807, 2.05) is 40.6 Å². The molecule has 1 aliphatic heterocycles. The second-order valence-corrected chi connectivity index (χ2v) is 7.80. The van der Waals surface area contributed by atoms with E-state index in [0.29, 0.717) is 26.1 Å². The molecule has 0 spiro atoms. The molecule has 1 aromatic heterocycles. The van der Waals surface area contributed by atoms with Crippen molar-refractivity contribution in [1.29, 1.82) is 0 Å². The number of rotatable bonds is 6. The van der Waals surface area contributed by atoms with Gasteiger partial charge in [0.1, 0.15) is 23.2 Å². The van der Waals surface area contributed by atoms with E-state index in [0.717, 1.165) is 35.2 Å². The average molecular weight is 412 g/mol. The molecule has 0 bridgehead atoms. The number of carbonyl (C=O) groups excluding carboxylic acids is 1. The summed E-state index contributed by atoms with van der Waals surface area (Å²) in [4.78, 5) is 21.2. The van der Waals surface area contributed by atoms with Crippen molar-refractivity contribution in [1.82, 2.24) is 9.88 Å². The molecular weight excluding hydrogens is 389 g/mol. The minimum atomic E-state index is -0.237. The van der Waals surface area contributed by atoms with Gasteiger partial charge in [-0.2, -0.15) is 0 Å². The molecule has 1 saturated heterocycles. The summed E-state index contributed by atoms with van der Waals surface area (Å²) in [5, 5.41) is 2.79. The molecule has 0 atom stereocenters.